The monoisotopic (exact) mass is 353 g/mol. The molecule has 3 N–H and O–H groups in total. The molecule has 25 heavy (non-hydrogen) atoms. The number of nitrogens with zero attached hydrogens (tertiary/aromatic N) is 1. The number of imidazole rings is 1. The van der Waals surface area contributed by atoms with E-state index < -0.39 is 17.3 Å². The summed E-state index contributed by atoms with van der Waals surface area (Å²) in [6.07, 6.45) is -1.04. The van der Waals surface area contributed by atoms with E-state index in [2.05, 4.69) is 15.3 Å². The van der Waals surface area contributed by atoms with Crippen molar-refractivity contribution in [1.82, 2.24) is 15.3 Å². The van der Waals surface area contributed by atoms with Crippen LogP contribution in [0, 0.1) is 0 Å². The Morgan fingerprint density at radius 2 is 1.92 bits per heavy atom. The highest BCUT2D eigenvalue weighted by atomic mass is 19.4. The van der Waals surface area contributed by atoms with Crippen LogP contribution < -0.4 is 5.32 Å². The number of piperidine rings is 1. The van der Waals surface area contributed by atoms with Gasteiger partial charge in [0.05, 0.1) is 22.9 Å². The number of rotatable bonds is 3. The Bertz CT molecular complexity index is 726. The number of aliphatic hydroxyl groups is 1. The van der Waals surface area contributed by atoms with Gasteiger partial charge in [0.25, 0.3) is 0 Å². The van der Waals surface area contributed by atoms with Crippen LogP contribution in [0.5, 0.6) is 0 Å². The predicted molar refractivity (Wildman–Crippen MR) is 87.9 cm³/mol. The molecule has 0 saturated carbocycles. The molecule has 0 aliphatic carbocycles. The lowest BCUT2D eigenvalue weighted by Gasteiger charge is -2.41. The summed E-state index contributed by atoms with van der Waals surface area (Å²) in [7, 11) is 0. The topological polar surface area (TPSA) is 60.9 Å². The zero-order valence-corrected chi connectivity index (χ0v) is 14.2. The Morgan fingerprint density at radius 1 is 1.24 bits per heavy atom. The third kappa shape index (κ3) is 3.72. The van der Waals surface area contributed by atoms with Gasteiger partial charge in [-0.15, -0.1) is 0 Å². The molecule has 7 heteroatoms. The van der Waals surface area contributed by atoms with Crippen LogP contribution in [0.4, 0.5) is 13.2 Å². The number of benzene rings is 1. The smallest absolute Gasteiger partial charge is 0.385 e. The summed E-state index contributed by atoms with van der Waals surface area (Å²) in [5, 5.41) is 14.6. The molecule has 0 amide bonds. The Balaban J connectivity index is 1.86. The van der Waals surface area contributed by atoms with Crippen molar-refractivity contribution in [3.63, 3.8) is 0 Å². The van der Waals surface area contributed by atoms with Gasteiger partial charge >= 0.3 is 6.18 Å². The molecule has 1 aromatic heterocycles. The molecular formula is C18H22F3N3O. The van der Waals surface area contributed by atoms with Crippen molar-refractivity contribution in [1.29, 1.82) is 0 Å². The second-order valence-corrected chi connectivity index (χ2v) is 6.77. The zero-order valence-electron chi connectivity index (χ0n) is 14.2. The first-order chi connectivity index (χ1) is 11.7. The fourth-order valence-electron chi connectivity index (χ4n) is 3.53. The van der Waals surface area contributed by atoms with Gasteiger partial charge in [0.15, 0.2) is 0 Å². The maximum atomic E-state index is 12.8. The van der Waals surface area contributed by atoms with Crippen LogP contribution in [0.25, 0.3) is 0 Å². The summed E-state index contributed by atoms with van der Waals surface area (Å²) in [5.74, 6) is 0.869. The van der Waals surface area contributed by atoms with Crippen molar-refractivity contribution in [3.8, 4) is 0 Å². The molecule has 0 bridgehead atoms. The molecule has 136 valence electrons. The van der Waals surface area contributed by atoms with E-state index in [1.54, 1.807) is 6.20 Å². The molecule has 1 aliphatic heterocycles. The molecule has 0 radical (unpaired) electrons. The number of aromatic amines is 1. The SMILES string of the molecule is CCc1ncc([C@@H]2CC(O)(c3ccc(C(F)(F)F)cc3)C[C@H](C)N2)[nH]1. The third-order valence-corrected chi connectivity index (χ3v) is 4.78. The Hall–Kier alpha value is -1.86. The maximum Gasteiger partial charge on any atom is 0.416 e. The predicted octanol–water partition coefficient (Wildman–Crippen LogP) is 3.69. The molecule has 4 nitrogen and oxygen atoms in total. The standard InChI is InChI=1S/C18H22F3N3O/c1-3-16-22-10-15(24-16)14-9-17(25,8-11(2)23-14)12-4-6-13(7-5-12)18(19,20)21/h4-7,10-11,14,23,25H,3,8-9H2,1-2H3,(H,22,24)/t11-,14-,17?/m0/s1. The summed E-state index contributed by atoms with van der Waals surface area (Å²) in [4.78, 5) is 7.53. The molecule has 2 heterocycles. The van der Waals surface area contributed by atoms with Crippen LogP contribution in [-0.4, -0.2) is 21.1 Å². The molecule has 1 saturated heterocycles. The van der Waals surface area contributed by atoms with Crippen molar-refractivity contribution in [2.75, 3.05) is 0 Å². The van der Waals surface area contributed by atoms with Crippen molar-refractivity contribution >= 4 is 0 Å². The van der Waals surface area contributed by atoms with Crippen LogP contribution in [0.3, 0.4) is 0 Å². The van der Waals surface area contributed by atoms with Gasteiger partial charge in [-0.1, -0.05) is 19.1 Å². The minimum absolute atomic E-state index is 0.0134. The molecule has 3 rings (SSSR count). The van der Waals surface area contributed by atoms with E-state index in [0.29, 0.717) is 18.4 Å². The van der Waals surface area contributed by atoms with Gasteiger partial charge < -0.3 is 15.4 Å². The first-order valence-corrected chi connectivity index (χ1v) is 8.41. The maximum absolute atomic E-state index is 12.8. The Morgan fingerprint density at radius 3 is 2.48 bits per heavy atom. The first kappa shape index (κ1) is 17.9. The summed E-state index contributed by atoms with van der Waals surface area (Å²) in [5.41, 5.74) is -0.501. The highest BCUT2D eigenvalue weighted by Gasteiger charge is 2.40. The summed E-state index contributed by atoms with van der Waals surface area (Å²) < 4.78 is 38.3. The second kappa shape index (κ2) is 6.46. The molecule has 2 aromatic rings. The van der Waals surface area contributed by atoms with Crippen molar-refractivity contribution < 1.29 is 18.3 Å². The fraction of sp³-hybridized carbons (Fsp3) is 0.500. The number of halogens is 3. The molecule has 1 unspecified atom stereocenters. The van der Waals surface area contributed by atoms with Crippen molar-refractivity contribution in [2.24, 2.45) is 0 Å². The number of H-pyrrole nitrogens is 1. The van der Waals surface area contributed by atoms with Crippen molar-refractivity contribution in [2.45, 2.75) is 57.0 Å². The number of hydrogen-bond donors (Lipinski definition) is 3. The lowest BCUT2D eigenvalue weighted by molar-refractivity contribution is -0.137. The lowest BCUT2D eigenvalue weighted by Crippen LogP contribution is -2.47. The minimum atomic E-state index is -4.38. The van der Waals surface area contributed by atoms with Gasteiger partial charge in [0, 0.05) is 25.1 Å². The Kier molecular flexibility index (Phi) is 4.64. The van der Waals surface area contributed by atoms with E-state index in [-0.39, 0.29) is 12.1 Å². The van der Waals surface area contributed by atoms with E-state index in [1.807, 2.05) is 13.8 Å². The first-order valence-electron chi connectivity index (χ1n) is 8.41. The van der Waals surface area contributed by atoms with Gasteiger partial charge in [-0.05, 0) is 31.0 Å². The number of nitrogens with one attached hydrogen (secondary N) is 2. The van der Waals surface area contributed by atoms with E-state index in [1.165, 1.54) is 12.1 Å². The number of aryl methyl sites for hydroxylation is 1. The van der Waals surface area contributed by atoms with Crippen molar-refractivity contribution in [3.05, 3.63) is 53.1 Å². The molecular weight excluding hydrogens is 331 g/mol. The van der Waals surface area contributed by atoms with Crippen LogP contribution in [0.2, 0.25) is 0 Å². The quantitative estimate of drug-likeness (QED) is 0.789. The summed E-state index contributed by atoms with van der Waals surface area (Å²) in [6.45, 7) is 3.95. The highest BCUT2D eigenvalue weighted by Crippen LogP contribution is 2.40. The highest BCUT2D eigenvalue weighted by molar-refractivity contribution is 5.30. The van der Waals surface area contributed by atoms with E-state index in [0.717, 1.165) is 30.1 Å². The molecule has 1 aliphatic rings. The van der Waals surface area contributed by atoms with Gasteiger partial charge in [0.1, 0.15) is 5.82 Å². The molecule has 0 spiro atoms. The summed E-state index contributed by atoms with van der Waals surface area (Å²) >= 11 is 0. The number of aromatic nitrogens is 2. The van der Waals surface area contributed by atoms with E-state index in [9.17, 15) is 18.3 Å². The zero-order chi connectivity index (χ0) is 18.2. The van der Waals surface area contributed by atoms with Gasteiger partial charge in [0.2, 0.25) is 0 Å². The van der Waals surface area contributed by atoms with Gasteiger partial charge in [-0.25, -0.2) is 4.98 Å². The largest absolute Gasteiger partial charge is 0.416 e. The van der Waals surface area contributed by atoms with Gasteiger partial charge in [-0.3, -0.25) is 0 Å². The molecule has 1 aromatic carbocycles. The number of hydrogen-bond acceptors (Lipinski definition) is 3. The van der Waals surface area contributed by atoms with E-state index >= 15 is 0 Å². The lowest BCUT2D eigenvalue weighted by atomic mass is 9.78. The third-order valence-electron chi connectivity index (χ3n) is 4.78. The van der Waals surface area contributed by atoms with Crippen LogP contribution in [0.15, 0.2) is 30.5 Å². The normalized spacial score (nSPS) is 27.4. The van der Waals surface area contributed by atoms with Crippen LogP contribution in [0.1, 0.15) is 55.4 Å². The molecule has 3 atom stereocenters. The fourth-order valence-corrected chi connectivity index (χ4v) is 3.53. The Labute approximate surface area is 144 Å². The average Bonchev–Trinajstić information content (AvgIpc) is 3.02. The van der Waals surface area contributed by atoms with Crippen LogP contribution in [-0.2, 0) is 18.2 Å². The van der Waals surface area contributed by atoms with Crippen LogP contribution >= 0.6 is 0 Å². The minimum Gasteiger partial charge on any atom is -0.385 e. The second-order valence-electron chi connectivity index (χ2n) is 6.77. The summed E-state index contributed by atoms with van der Waals surface area (Å²) in [6, 6.07) is 4.69. The van der Waals surface area contributed by atoms with E-state index in [4.69, 9.17) is 0 Å². The van der Waals surface area contributed by atoms with Gasteiger partial charge in [-0.2, -0.15) is 13.2 Å². The number of alkyl halides is 3. The average molecular weight is 353 g/mol. The molecule has 1 fully saturated rings.